The Kier molecular flexibility index (Phi) is 8.11. The molecular weight excluding hydrogens is 739 g/mol. The summed E-state index contributed by atoms with van der Waals surface area (Å²) >= 11 is 0. The summed E-state index contributed by atoms with van der Waals surface area (Å²) in [5.74, 6) is 0. The van der Waals surface area contributed by atoms with Crippen LogP contribution >= 0.6 is 0 Å². The van der Waals surface area contributed by atoms with Crippen LogP contribution in [0.3, 0.4) is 0 Å². The number of furan rings is 1. The molecule has 0 aliphatic heterocycles. The maximum absolute atomic E-state index is 6.93. The highest BCUT2D eigenvalue weighted by molar-refractivity contribution is 6.22. The van der Waals surface area contributed by atoms with Crippen LogP contribution in [0.4, 0.5) is 17.1 Å². The highest BCUT2D eigenvalue weighted by Crippen LogP contribution is 2.58. The lowest BCUT2D eigenvalue weighted by molar-refractivity contribution is 0.673. The SMILES string of the molecule is c1ccc(-c2ccc(N(c3ccc4c(c3)C(c3ccccc3)(c3ccccc3)c3ccccc3-4)c3c(-c4ccccc4)ccc4oc5c6ccccc6ccc5c34)cc2)cc1. The van der Waals surface area contributed by atoms with Crippen LogP contribution in [0, 0.1) is 0 Å². The molecule has 0 N–H and O–H groups in total. The van der Waals surface area contributed by atoms with E-state index < -0.39 is 5.41 Å². The van der Waals surface area contributed by atoms with Crippen LogP contribution in [0.1, 0.15) is 22.3 Å². The van der Waals surface area contributed by atoms with Gasteiger partial charge in [0.15, 0.2) is 0 Å². The molecule has 12 rings (SSSR count). The van der Waals surface area contributed by atoms with Gasteiger partial charge in [-0.25, -0.2) is 0 Å². The third-order valence-corrected chi connectivity index (χ3v) is 12.7. The number of nitrogens with zero attached hydrogens (tertiary/aromatic N) is 1. The van der Waals surface area contributed by atoms with E-state index in [0.29, 0.717) is 0 Å². The quantitative estimate of drug-likeness (QED) is 0.160. The summed E-state index contributed by atoms with van der Waals surface area (Å²) in [5.41, 5.74) is 16.5. The second kappa shape index (κ2) is 14.1. The highest BCUT2D eigenvalue weighted by Gasteiger charge is 2.46. The third kappa shape index (κ3) is 5.43. The van der Waals surface area contributed by atoms with E-state index >= 15 is 0 Å². The molecule has 1 aliphatic rings. The molecule has 61 heavy (non-hydrogen) atoms. The first-order valence-corrected chi connectivity index (χ1v) is 21.0. The van der Waals surface area contributed by atoms with Gasteiger partial charge >= 0.3 is 0 Å². The van der Waals surface area contributed by atoms with E-state index in [9.17, 15) is 0 Å². The lowest BCUT2D eigenvalue weighted by atomic mass is 9.67. The van der Waals surface area contributed by atoms with Crippen LogP contribution in [0.15, 0.2) is 241 Å². The summed E-state index contributed by atoms with van der Waals surface area (Å²) < 4.78 is 6.93. The Morgan fingerprint density at radius 3 is 1.64 bits per heavy atom. The van der Waals surface area contributed by atoms with Crippen LogP contribution in [0.25, 0.3) is 66.1 Å². The minimum absolute atomic E-state index is 0.553. The summed E-state index contributed by atoms with van der Waals surface area (Å²) in [5, 5.41) is 4.43. The van der Waals surface area contributed by atoms with Gasteiger partial charge in [0.1, 0.15) is 11.2 Å². The first-order chi connectivity index (χ1) is 30.3. The van der Waals surface area contributed by atoms with E-state index in [-0.39, 0.29) is 0 Å². The van der Waals surface area contributed by atoms with Crippen molar-refractivity contribution >= 4 is 49.8 Å². The minimum Gasteiger partial charge on any atom is -0.455 e. The Morgan fingerprint density at radius 2 is 0.918 bits per heavy atom. The molecule has 10 aromatic carbocycles. The zero-order chi connectivity index (χ0) is 40.3. The molecule has 0 radical (unpaired) electrons. The molecule has 11 aromatic rings. The first-order valence-electron chi connectivity index (χ1n) is 21.0. The lowest BCUT2D eigenvalue weighted by Gasteiger charge is -2.35. The number of anilines is 3. The number of fused-ring (bicyclic) bond motifs is 8. The number of benzene rings is 10. The Hall–Kier alpha value is -7.94. The molecule has 0 bridgehead atoms. The Bertz CT molecular complexity index is 3350. The van der Waals surface area contributed by atoms with Gasteiger partial charge in [-0.2, -0.15) is 0 Å². The van der Waals surface area contributed by atoms with Crippen molar-refractivity contribution in [3.05, 3.63) is 259 Å². The predicted octanol–water partition coefficient (Wildman–Crippen LogP) is 15.9. The molecule has 2 nitrogen and oxygen atoms in total. The zero-order valence-corrected chi connectivity index (χ0v) is 33.4. The van der Waals surface area contributed by atoms with Gasteiger partial charge in [-0.3, -0.25) is 0 Å². The fourth-order valence-electron chi connectivity index (χ4n) is 10.1. The second-order valence-corrected chi connectivity index (χ2v) is 16.0. The van der Waals surface area contributed by atoms with E-state index in [1.165, 1.54) is 44.5 Å². The number of hydrogen-bond acceptors (Lipinski definition) is 2. The van der Waals surface area contributed by atoms with Crippen LogP contribution < -0.4 is 4.90 Å². The summed E-state index contributed by atoms with van der Waals surface area (Å²) in [6.45, 7) is 0. The summed E-state index contributed by atoms with van der Waals surface area (Å²) in [7, 11) is 0. The Labute approximate surface area is 355 Å². The van der Waals surface area contributed by atoms with Gasteiger partial charge in [0.2, 0.25) is 0 Å². The molecule has 0 amide bonds. The van der Waals surface area contributed by atoms with Crippen molar-refractivity contribution < 1.29 is 4.42 Å². The summed E-state index contributed by atoms with van der Waals surface area (Å²) in [6.07, 6.45) is 0. The van der Waals surface area contributed by atoms with E-state index in [2.05, 4.69) is 241 Å². The highest BCUT2D eigenvalue weighted by atomic mass is 16.3. The Morgan fingerprint density at radius 1 is 0.361 bits per heavy atom. The smallest absolute Gasteiger partial charge is 0.143 e. The lowest BCUT2D eigenvalue weighted by Crippen LogP contribution is -2.28. The standard InChI is InChI=1S/C59H39NO/c1-5-17-40(18-6-1)41-29-32-46(33-30-41)60(57-48(42-19-7-2-8-20-42)37-38-55-56(57)52-35-31-43-21-13-14-26-49(43)58(52)61-55)47-34-36-51-50-27-15-16-28-53(50)59(54(51)39-47,44-22-9-3-10-23-44)45-24-11-4-12-25-45/h1-39H. The molecule has 2 heteroatoms. The monoisotopic (exact) mass is 777 g/mol. The minimum atomic E-state index is -0.553. The topological polar surface area (TPSA) is 16.4 Å². The molecule has 1 aliphatic carbocycles. The number of hydrogen-bond donors (Lipinski definition) is 0. The maximum atomic E-state index is 6.93. The van der Waals surface area contributed by atoms with Crippen LogP contribution in [0.5, 0.6) is 0 Å². The van der Waals surface area contributed by atoms with E-state index in [1.54, 1.807) is 0 Å². The second-order valence-electron chi connectivity index (χ2n) is 16.0. The van der Waals surface area contributed by atoms with Gasteiger partial charge in [-0.15, -0.1) is 0 Å². The molecule has 0 saturated heterocycles. The molecule has 0 unspecified atom stereocenters. The molecule has 0 saturated carbocycles. The van der Waals surface area contributed by atoms with Crippen molar-refractivity contribution in [1.29, 1.82) is 0 Å². The third-order valence-electron chi connectivity index (χ3n) is 12.7. The van der Waals surface area contributed by atoms with Crippen LogP contribution in [0.2, 0.25) is 0 Å². The Balaban J connectivity index is 1.20. The normalized spacial score (nSPS) is 12.7. The van der Waals surface area contributed by atoms with E-state index in [0.717, 1.165) is 60.9 Å². The fourth-order valence-corrected chi connectivity index (χ4v) is 10.1. The average molecular weight is 778 g/mol. The zero-order valence-electron chi connectivity index (χ0n) is 33.4. The molecule has 0 spiro atoms. The predicted molar refractivity (Wildman–Crippen MR) is 254 cm³/mol. The first kappa shape index (κ1) is 35.0. The van der Waals surface area contributed by atoms with E-state index in [4.69, 9.17) is 4.42 Å². The van der Waals surface area contributed by atoms with Crippen molar-refractivity contribution in [3.63, 3.8) is 0 Å². The van der Waals surface area contributed by atoms with Gasteiger partial charge in [-0.1, -0.05) is 194 Å². The van der Waals surface area contributed by atoms with Gasteiger partial charge in [0.25, 0.3) is 0 Å². The molecule has 1 heterocycles. The van der Waals surface area contributed by atoms with Gasteiger partial charge < -0.3 is 9.32 Å². The number of rotatable bonds is 7. The summed E-state index contributed by atoms with van der Waals surface area (Å²) in [4.78, 5) is 2.48. The fraction of sp³-hybridized carbons (Fsp3) is 0.0169. The molecule has 1 aromatic heterocycles. The van der Waals surface area contributed by atoms with E-state index in [1.807, 2.05) is 0 Å². The average Bonchev–Trinajstić information content (AvgIpc) is 3.87. The van der Waals surface area contributed by atoms with Crippen molar-refractivity contribution in [2.45, 2.75) is 5.41 Å². The van der Waals surface area contributed by atoms with Gasteiger partial charge in [0.05, 0.1) is 16.5 Å². The molecule has 286 valence electrons. The van der Waals surface area contributed by atoms with Crippen molar-refractivity contribution in [3.8, 4) is 33.4 Å². The largest absolute Gasteiger partial charge is 0.455 e. The van der Waals surface area contributed by atoms with Gasteiger partial charge in [-0.05, 0) is 97.9 Å². The summed E-state index contributed by atoms with van der Waals surface area (Å²) in [6, 6.07) is 86.0. The maximum Gasteiger partial charge on any atom is 0.143 e. The molecular formula is C59H39NO. The molecule has 0 fully saturated rings. The van der Waals surface area contributed by atoms with Crippen molar-refractivity contribution in [2.75, 3.05) is 4.90 Å². The van der Waals surface area contributed by atoms with Crippen molar-refractivity contribution in [2.24, 2.45) is 0 Å². The molecule has 0 atom stereocenters. The van der Waals surface area contributed by atoms with Gasteiger partial charge in [0, 0.05) is 27.7 Å². The van der Waals surface area contributed by atoms with Crippen LogP contribution in [-0.2, 0) is 5.41 Å². The van der Waals surface area contributed by atoms with Crippen molar-refractivity contribution in [1.82, 2.24) is 0 Å². The van der Waals surface area contributed by atoms with Crippen LogP contribution in [-0.4, -0.2) is 0 Å².